The first-order valence-electron chi connectivity index (χ1n) is 5.88. The molecule has 1 aromatic rings. The molecular weight excluding hydrogens is 257 g/mol. The number of nitriles is 1. The Kier molecular flexibility index (Phi) is 4.08. The maximum absolute atomic E-state index is 12.7. The summed E-state index contributed by atoms with van der Waals surface area (Å²) in [5, 5.41) is 8.75. The van der Waals surface area contributed by atoms with Crippen LogP contribution in [0, 0.1) is 11.3 Å². The van der Waals surface area contributed by atoms with Crippen LogP contribution in [-0.4, -0.2) is 31.2 Å². The van der Waals surface area contributed by atoms with Crippen LogP contribution in [0.4, 0.5) is 13.2 Å². The van der Waals surface area contributed by atoms with Crippen LogP contribution in [-0.2, 0) is 10.9 Å². The number of hydrogen-bond acceptors (Lipinski definition) is 3. The number of rotatable bonds is 2. The van der Waals surface area contributed by atoms with Gasteiger partial charge in [0.1, 0.15) is 0 Å². The second-order valence-electron chi connectivity index (χ2n) is 4.34. The van der Waals surface area contributed by atoms with E-state index in [0.29, 0.717) is 25.3 Å². The summed E-state index contributed by atoms with van der Waals surface area (Å²) < 4.78 is 43.4. The average molecular weight is 270 g/mol. The fourth-order valence-corrected chi connectivity index (χ4v) is 2.15. The summed E-state index contributed by atoms with van der Waals surface area (Å²) in [7, 11) is 0. The fraction of sp³-hybridized carbons (Fsp3) is 0.462. The van der Waals surface area contributed by atoms with Crippen LogP contribution >= 0.6 is 0 Å². The van der Waals surface area contributed by atoms with Crippen molar-refractivity contribution < 1.29 is 17.9 Å². The van der Waals surface area contributed by atoms with E-state index in [-0.39, 0.29) is 12.6 Å². The summed E-state index contributed by atoms with van der Waals surface area (Å²) in [6, 6.07) is 6.93. The minimum absolute atomic E-state index is 0.185. The van der Waals surface area contributed by atoms with Crippen molar-refractivity contribution in [1.82, 2.24) is 4.90 Å². The van der Waals surface area contributed by atoms with Gasteiger partial charge in [0.05, 0.1) is 37.4 Å². The Balaban J connectivity index is 2.27. The van der Waals surface area contributed by atoms with E-state index in [1.165, 1.54) is 6.07 Å². The molecule has 1 fully saturated rings. The summed E-state index contributed by atoms with van der Waals surface area (Å²) in [6.07, 6.45) is -4.36. The molecule has 2 rings (SSSR count). The zero-order valence-electron chi connectivity index (χ0n) is 10.2. The van der Waals surface area contributed by atoms with Crippen LogP contribution in [0.25, 0.3) is 0 Å². The molecule has 1 atom stereocenters. The molecule has 0 bridgehead atoms. The van der Waals surface area contributed by atoms with Gasteiger partial charge in [0.15, 0.2) is 0 Å². The third kappa shape index (κ3) is 3.25. The Labute approximate surface area is 109 Å². The molecule has 0 radical (unpaired) electrons. The minimum Gasteiger partial charge on any atom is -0.378 e. The van der Waals surface area contributed by atoms with Gasteiger partial charge in [-0.3, -0.25) is 4.90 Å². The molecule has 0 spiro atoms. The zero-order chi connectivity index (χ0) is 13.9. The lowest BCUT2D eigenvalue weighted by Gasteiger charge is -2.34. The summed E-state index contributed by atoms with van der Waals surface area (Å²) in [4.78, 5) is 1.83. The number of benzene rings is 1. The van der Waals surface area contributed by atoms with E-state index in [4.69, 9.17) is 10.00 Å². The van der Waals surface area contributed by atoms with Gasteiger partial charge in [0.2, 0.25) is 0 Å². The monoisotopic (exact) mass is 270 g/mol. The lowest BCUT2D eigenvalue weighted by atomic mass is 10.0. The van der Waals surface area contributed by atoms with Crippen molar-refractivity contribution in [3.63, 3.8) is 0 Å². The van der Waals surface area contributed by atoms with Gasteiger partial charge in [0.25, 0.3) is 0 Å². The molecule has 6 heteroatoms. The number of morpholine rings is 1. The molecule has 0 aliphatic carbocycles. The van der Waals surface area contributed by atoms with Crippen molar-refractivity contribution in [2.45, 2.75) is 12.2 Å². The van der Waals surface area contributed by atoms with Crippen molar-refractivity contribution in [3.05, 3.63) is 35.4 Å². The molecule has 1 aliphatic heterocycles. The predicted molar refractivity (Wildman–Crippen MR) is 62.2 cm³/mol. The maximum atomic E-state index is 12.7. The van der Waals surface area contributed by atoms with Gasteiger partial charge in [0, 0.05) is 6.54 Å². The summed E-state index contributed by atoms with van der Waals surface area (Å²) in [5.74, 6) is 0. The van der Waals surface area contributed by atoms with Crippen molar-refractivity contribution >= 4 is 0 Å². The SMILES string of the molecule is N#CCN1CCOCC1c1cccc(C(F)(F)F)c1. The molecule has 1 aromatic carbocycles. The van der Waals surface area contributed by atoms with E-state index in [1.54, 1.807) is 6.07 Å². The van der Waals surface area contributed by atoms with E-state index >= 15 is 0 Å². The molecule has 102 valence electrons. The lowest BCUT2D eigenvalue weighted by Crippen LogP contribution is -2.39. The standard InChI is InChI=1S/C13H13F3N2O/c14-13(15,16)11-3-1-2-10(8-11)12-9-19-7-6-18(12)5-4-17/h1-3,8,12H,5-7,9H2. The van der Waals surface area contributed by atoms with Gasteiger partial charge in [-0.1, -0.05) is 12.1 Å². The highest BCUT2D eigenvalue weighted by atomic mass is 19.4. The highest BCUT2D eigenvalue weighted by Gasteiger charge is 2.32. The largest absolute Gasteiger partial charge is 0.416 e. The van der Waals surface area contributed by atoms with Crippen molar-refractivity contribution in [2.75, 3.05) is 26.3 Å². The molecule has 0 aromatic heterocycles. The summed E-state index contributed by atoms with van der Waals surface area (Å²) in [5.41, 5.74) is -0.141. The van der Waals surface area contributed by atoms with E-state index in [2.05, 4.69) is 0 Å². The van der Waals surface area contributed by atoms with E-state index < -0.39 is 11.7 Å². The molecule has 0 N–H and O–H groups in total. The minimum atomic E-state index is -4.36. The highest BCUT2D eigenvalue weighted by Crippen LogP contribution is 2.32. The number of nitrogens with zero attached hydrogens (tertiary/aromatic N) is 2. The first-order valence-corrected chi connectivity index (χ1v) is 5.88. The quantitative estimate of drug-likeness (QED) is 0.775. The topological polar surface area (TPSA) is 36.3 Å². The Morgan fingerprint density at radius 2 is 2.21 bits per heavy atom. The van der Waals surface area contributed by atoms with Gasteiger partial charge in [-0.15, -0.1) is 0 Å². The van der Waals surface area contributed by atoms with Gasteiger partial charge in [-0.05, 0) is 17.7 Å². The first kappa shape index (κ1) is 13.8. The van der Waals surface area contributed by atoms with Crippen molar-refractivity contribution in [3.8, 4) is 6.07 Å². The van der Waals surface area contributed by atoms with Crippen LogP contribution in [0.2, 0.25) is 0 Å². The number of halogens is 3. The second-order valence-corrected chi connectivity index (χ2v) is 4.34. The smallest absolute Gasteiger partial charge is 0.378 e. The predicted octanol–water partition coefficient (Wildman–Crippen LogP) is 2.60. The Hall–Kier alpha value is -1.58. The molecule has 1 aliphatic rings. The Morgan fingerprint density at radius 1 is 1.42 bits per heavy atom. The third-order valence-electron chi connectivity index (χ3n) is 3.11. The molecule has 1 saturated heterocycles. The van der Waals surface area contributed by atoms with Crippen LogP contribution in [0.3, 0.4) is 0 Å². The van der Waals surface area contributed by atoms with Gasteiger partial charge >= 0.3 is 6.18 Å². The van der Waals surface area contributed by atoms with E-state index in [0.717, 1.165) is 12.1 Å². The molecule has 0 amide bonds. The molecule has 19 heavy (non-hydrogen) atoms. The molecule has 1 unspecified atom stereocenters. The average Bonchev–Trinajstić information content (AvgIpc) is 2.39. The second kappa shape index (κ2) is 5.59. The van der Waals surface area contributed by atoms with E-state index in [9.17, 15) is 13.2 Å². The van der Waals surface area contributed by atoms with Gasteiger partial charge in [-0.25, -0.2) is 0 Å². The number of hydrogen-bond donors (Lipinski definition) is 0. The maximum Gasteiger partial charge on any atom is 0.416 e. The molecule has 1 heterocycles. The van der Waals surface area contributed by atoms with Crippen LogP contribution in [0.1, 0.15) is 17.2 Å². The normalized spacial score (nSPS) is 21.1. The highest BCUT2D eigenvalue weighted by molar-refractivity contribution is 5.28. The lowest BCUT2D eigenvalue weighted by molar-refractivity contribution is -0.137. The van der Waals surface area contributed by atoms with Crippen LogP contribution in [0.15, 0.2) is 24.3 Å². The molecule has 3 nitrogen and oxygen atoms in total. The number of ether oxygens (including phenoxy) is 1. The number of alkyl halides is 3. The fourth-order valence-electron chi connectivity index (χ4n) is 2.15. The molecular formula is C13H13F3N2O. The summed E-state index contributed by atoms with van der Waals surface area (Å²) in [6.45, 7) is 1.54. The van der Waals surface area contributed by atoms with Crippen molar-refractivity contribution in [2.24, 2.45) is 0 Å². The van der Waals surface area contributed by atoms with Crippen molar-refractivity contribution in [1.29, 1.82) is 5.26 Å². The zero-order valence-corrected chi connectivity index (χ0v) is 10.2. The first-order chi connectivity index (χ1) is 9.02. The van der Waals surface area contributed by atoms with Gasteiger partial charge < -0.3 is 4.74 Å². The Morgan fingerprint density at radius 3 is 2.89 bits per heavy atom. The molecule has 0 saturated carbocycles. The van der Waals surface area contributed by atoms with Crippen LogP contribution in [0.5, 0.6) is 0 Å². The third-order valence-corrected chi connectivity index (χ3v) is 3.11. The van der Waals surface area contributed by atoms with Gasteiger partial charge in [-0.2, -0.15) is 18.4 Å². The van der Waals surface area contributed by atoms with Crippen LogP contribution < -0.4 is 0 Å². The summed E-state index contributed by atoms with van der Waals surface area (Å²) >= 11 is 0. The van der Waals surface area contributed by atoms with E-state index in [1.807, 2.05) is 11.0 Å². The Bertz CT molecular complexity index is 482.